The lowest BCUT2D eigenvalue weighted by molar-refractivity contribution is 0.477. The Hall–Kier alpha value is -2.54. The lowest BCUT2D eigenvalue weighted by Crippen LogP contribution is -1.85. The van der Waals surface area contributed by atoms with E-state index < -0.39 is 0 Å². The van der Waals surface area contributed by atoms with Crippen molar-refractivity contribution in [2.45, 2.75) is 39.5 Å². The molecule has 3 aromatic carbocycles. The van der Waals surface area contributed by atoms with Crippen molar-refractivity contribution < 1.29 is 5.11 Å². The van der Waals surface area contributed by atoms with Gasteiger partial charge < -0.3 is 5.11 Å². The number of unbranched alkanes of at least 4 members (excludes halogenated alkanes) is 3. The van der Waals surface area contributed by atoms with Crippen LogP contribution in [0.4, 0.5) is 0 Å². The Kier molecular flexibility index (Phi) is 7.78. The van der Waals surface area contributed by atoms with E-state index >= 15 is 0 Å². The Morgan fingerprint density at radius 2 is 1.12 bits per heavy atom. The molecule has 0 atom stereocenters. The fraction of sp³-hybridized carbons (Fsp3) is 0.250. The minimum Gasteiger partial charge on any atom is -0.507 e. The van der Waals surface area contributed by atoms with Gasteiger partial charge >= 0.3 is 0 Å². The van der Waals surface area contributed by atoms with Crippen LogP contribution in [0.15, 0.2) is 78.9 Å². The Morgan fingerprint density at radius 1 is 0.600 bits per heavy atom. The number of rotatable bonds is 5. The molecule has 3 aromatic rings. The van der Waals surface area contributed by atoms with Gasteiger partial charge in [0.2, 0.25) is 0 Å². The molecule has 0 aliphatic carbocycles. The third-order valence-electron chi connectivity index (χ3n) is 4.15. The molecule has 0 spiro atoms. The maximum absolute atomic E-state index is 10.2. The number of aromatic hydroxyl groups is 1. The van der Waals surface area contributed by atoms with E-state index in [2.05, 4.69) is 26.0 Å². The first kappa shape index (κ1) is 18.8. The first-order valence-corrected chi connectivity index (χ1v) is 9.20. The molecule has 0 fully saturated rings. The average molecular weight is 332 g/mol. The van der Waals surface area contributed by atoms with E-state index in [0.29, 0.717) is 5.75 Å². The van der Waals surface area contributed by atoms with E-state index in [1.54, 1.807) is 6.07 Å². The Labute approximate surface area is 152 Å². The monoisotopic (exact) mass is 332 g/mol. The summed E-state index contributed by atoms with van der Waals surface area (Å²) in [6.45, 7) is 4.46. The highest BCUT2D eigenvalue weighted by atomic mass is 16.3. The van der Waals surface area contributed by atoms with Crippen molar-refractivity contribution in [3.8, 4) is 28.0 Å². The molecule has 0 aliphatic rings. The third kappa shape index (κ3) is 5.49. The summed E-state index contributed by atoms with van der Waals surface area (Å²) in [5.41, 5.74) is 4.07. The predicted molar refractivity (Wildman–Crippen MR) is 109 cm³/mol. The zero-order chi connectivity index (χ0) is 17.9. The maximum Gasteiger partial charge on any atom is 0.124 e. The van der Waals surface area contributed by atoms with E-state index in [0.717, 1.165) is 22.3 Å². The molecule has 0 bridgehead atoms. The molecule has 3 rings (SSSR count). The van der Waals surface area contributed by atoms with E-state index in [-0.39, 0.29) is 0 Å². The van der Waals surface area contributed by atoms with Gasteiger partial charge in [-0.2, -0.15) is 0 Å². The molecule has 130 valence electrons. The third-order valence-corrected chi connectivity index (χ3v) is 4.15. The highest BCUT2D eigenvalue weighted by Crippen LogP contribution is 2.38. The van der Waals surface area contributed by atoms with Gasteiger partial charge in [0, 0.05) is 5.56 Å². The predicted octanol–water partition coefficient (Wildman–Crippen LogP) is 7.31. The highest BCUT2D eigenvalue weighted by Gasteiger charge is 2.10. The molecule has 25 heavy (non-hydrogen) atoms. The first-order chi connectivity index (χ1) is 12.3. The van der Waals surface area contributed by atoms with Gasteiger partial charge in [-0.25, -0.2) is 0 Å². The second-order valence-electron chi connectivity index (χ2n) is 6.14. The summed E-state index contributed by atoms with van der Waals surface area (Å²) in [5.74, 6) is 0.313. The van der Waals surface area contributed by atoms with Crippen LogP contribution in [0.25, 0.3) is 22.3 Å². The van der Waals surface area contributed by atoms with Crippen LogP contribution >= 0.6 is 0 Å². The summed E-state index contributed by atoms with van der Waals surface area (Å²) in [6, 6.07) is 25.7. The second kappa shape index (κ2) is 10.4. The number of phenolic OH excluding ortho intramolecular Hbond substituents is 1. The molecule has 1 N–H and O–H groups in total. The van der Waals surface area contributed by atoms with E-state index in [1.165, 1.54) is 25.7 Å². The van der Waals surface area contributed by atoms with Gasteiger partial charge in [0.05, 0.1) is 0 Å². The largest absolute Gasteiger partial charge is 0.507 e. The molecule has 0 radical (unpaired) electrons. The molecule has 0 heterocycles. The molecular formula is C24H28O. The van der Waals surface area contributed by atoms with Gasteiger partial charge in [-0.05, 0) is 22.8 Å². The Morgan fingerprint density at radius 3 is 1.64 bits per heavy atom. The van der Waals surface area contributed by atoms with Crippen LogP contribution in [0.1, 0.15) is 39.5 Å². The minimum atomic E-state index is 0.313. The van der Waals surface area contributed by atoms with Gasteiger partial charge in [0.25, 0.3) is 0 Å². The first-order valence-electron chi connectivity index (χ1n) is 9.20. The van der Waals surface area contributed by atoms with Crippen LogP contribution in [-0.2, 0) is 0 Å². The standard InChI is InChI=1S/C18H14O.C6H14/c19-17-13-7-12-16(14-8-3-1-4-9-14)18(17)15-10-5-2-6-11-15;1-3-5-6-4-2/h1-13,19H;3-6H2,1-2H3. The summed E-state index contributed by atoms with van der Waals surface area (Å²) >= 11 is 0. The summed E-state index contributed by atoms with van der Waals surface area (Å²) in [7, 11) is 0. The molecule has 0 amide bonds. The molecule has 0 aliphatic heterocycles. The number of phenols is 1. The topological polar surface area (TPSA) is 20.2 Å². The van der Waals surface area contributed by atoms with Crippen molar-refractivity contribution in [1.29, 1.82) is 0 Å². The van der Waals surface area contributed by atoms with Crippen LogP contribution in [0, 0.1) is 0 Å². The summed E-state index contributed by atoms with van der Waals surface area (Å²) < 4.78 is 0. The van der Waals surface area contributed by atoms with Gasteiger partial charge in [0.15, 0.2) is 0 Å². The van der Waals surface area contributed by atoms with E-state index in [1.807, 2.05) is 60.7 Å². The van der Waals surface area contributed by atoms with Crippen LogP contribution in [0.3, 0.4) is 0 Å². The van der Waals surface area contributed by atoms with Crippen molar-refractivity contribution in [2.75, 3.05) is 0 Å². The number of hydrogen-bond donors (Lipinski definition) is 1. The lowest BCUT2D eigenvalue weighted by atomic mass is 9.94. The van der Waals surface area contributed by atoms with Gasteiger partial charge in [-0.15, -0.1) is 0 Å². The molecule has 1 nitrogen and oxygen atoms in total. The normalized spacial score (nSPS) is 10.0. The SMILES string of the molecule is CCCCCC.Oc1cccc(-c2ccccc2)c1-c1ccccc1. The van der Waals surface area contributed by atoms with Gasteiger partial charge in [-0.1, -0.05) is 112 Å². The molecule has 0 saturated carbocycles. The Balaban J connectivity index is 0.000000326. The molecule has 1 heteroatoms. The van der Waals surface area contributed by atoms with Gasteiger partial charge in [0.1, 0.15) is 5.75 Å². The van der Waals surface area contributed by atoms with Crippen LogP contribution in [0.2, 0.25) is 0 Å². The second-order valence-corrected chi connectivity index (χ2v) is 6.14. The fourth-order valence-electron chi connectivity index (χ4n) is 2.81. The molecular weight excluding hydrogens is 304 g/mol. The smallest absolute Gasteiger partial charge is 0.124 e. The van der Waals surface area contributed by atoms with Crippen molar-refractivity contribution in [2.24, 2.45) is 0 Å². The average Bonchev–Trinajstić information content (AvgIpc) is 2.68. The van der Waals surface area contributed by atoms with Crippen molar-refractivity contribution in [3.63, 3.8) is 0 Å². The summed E-state index contributed by atoms with van der Waals surface area (Å²) in [4.78, 5) is 0. The maximum atomic E-state index is 10.2. The van der Waals surface area contributed by atoms with Gasteiger partial charge in [-0.3, -0.25) is 0 Å². The summed E-state index contributed by atoms with van der Waals surface area (Å²) in [5, 5.41) is 10.2. The zero-order valence-electron chi connectivity index (χ0n) is 15.3. The molecule has 0 unspecified atom stereocenters. The zero-order valence-corrected chi connectivity index (χ0v) is 15.3. The van der Waals surface area contributed by atoms with Crippen molar-refractivity contribution >= 4 is 0 Å². The summed E-state index contributed by atoms with van der Waals surface area (Å²) in [6.07, 6.45) is 5.54. The van der Waals surface area contributed by atoms with Crippen molar-refractivity contribution in [3.05, 3.63) is 78.9 Å². The quantitative estimate of drug-likeness (QED) is 0.485. The molecule has 0 aromatic heterocycles. The van der Waals surface area contributed by atoms with Crippen molar-refractivity contribution in [1.82, 2.24) is 0 Å². The highest BCUT2D eigenvalue weighted by molar-refractivity contribution is 5.87. The van der Waals surface area contributed by atoms with E-state index in [4.69, 9.17) is 0 Å². The Bertz CT molecular complexity index is 729. The van der Waals surface area contributed by atoms with E-state index in [9.17, 15) is 5.11 Å². The fourth-order valence-corrected chi connectivity index (χ4v) is 2.81. The minimum absolute atomic E-state index is 0.313. The lowest BCUT2D eigenvalue weighted by Gasteiger charge is -2.12. The molecule has 0 saturated heterocycles. The van der Waals surface area contributed by atoms with Crippen LogP contribution in [0.5, 0.6) is 5.75 Å². The number of benzene rings is 3. The van der Waals surface area contributed by atoms with Crippen LogP contribution in [-0.4, -0.2) is 5.11 Å². The van der Waals surface area contributed by atoms with Crippen LogP contribution < -0.4 is 0 Å². The number of hydrogen-bond acceptors (Lipinski definition) is 1.